The molecule has 0 fully saturated rings. The highest BCUT2D eigenvalue weighted by Gasteiger charge is 2.21. The molecule has 1 aromatic carbocycles. The summed E-state index contributed by atoms with van der Waals surface area (Å²) in [4.78, 5) is 34.2. The van der Waals surface area contributed by atoms with E-state index in [9.17, 15) is 9.59 Å². The lowest BCUT2D eigenvalue weighted by atomic mass is 10.1. The lowest BCUT2D eigenvalue weighted by Gasteiger charge is -2.14. The highest BCUT2D eigenvalue weighted by Crippen LogP contribution is 2.34. The first-order valence-electron chi connectivity index (χ1n) is 8.99. The second kappa shape index (κ2) is 7.03. The van der Waals surface area contributed by atoms with Gasteiger partial charge >= 0.3 is 0 Å². The number of carbonyl (C=O) groups is 1. The van der Waals surface area contributed by atoms with Crippen LogP contribution in [0.2, 0.25) is 0 Å². The van der Waals surface area contributed by atoms with Gasteiger partial charge in [0, 0.05) is 17.7 Å². The molecule has 0 saturated heterocycles. The topological polar surface area (TPSA) is 74.8 Å². The summed E-state index contributed by atoms with van der Waals surface area (Å²) in [6.45, 7) is 1.96. The van der Waals surface area contributed by atoms with Gasteiger partial charge in [0.25, 0.3) is 5.56 Å². The molecule has 0 aliphatic heterocycles. The van der Waals surface area contributed by atoms with Crippen LogP contribution in [-0.2, 0) is 24.1 Å². The number of fused-ring (bicyclic) bond motifs is 3. The molecular weight excluding hydrogens is 346 g/mol. The Balaban J connectivity index is 1.43. The third-order valence-electron chi connectivity index (χ3n) is 4.89. The molecule has 6 heteroatoms. The maximum atomic E-state index is 12.4. The van der Waals surface area contributed by atoms with E-state index in [2.05, 4.69) is 15.3 Å². The zero-order chi connectivity index (χ0) is 18.1. The number of benzene rings is 1. The monoisotopic (exact) mass is 367 g/mol. The van der Waals surface area contributed by atoms with Crippen molar-refractivity contribution >= 4 is 27.5 Å². The summed E-state index contributed by atoms with van der Waals surface area (Å²) in [6.07, 6.45) is 3.88. The van der Waals surface area contributed by atoms with Crippen molar-refractivity contribution < 1.29 is 4.79 Å². The fourth-order valence-electron chi connectivity index (χ4n) is 3.54. The first kappa shape index (κ1) is 17.0. The van der Waals surface area contributed by atoms with E-state index >= 15 is 0 Å². The molecule has 1 unspecified atom stereocenters. The number of thiophene rings is 1. The lowest BCUT2D eigenvalue weighted by Crippen LogP contribution is -2.27. The van der Waals surface area contributed by atoms with Gasteiger partial charge in [0.2, 0.25) is 5.91 Å². The van der Waals surface area contributed by atoms with Crippen molar-refractivity contribution in [1.82, 2.24) is 15.3 Å². The Morgan fingerprint density at radius 3 is 2.92 bits per heavy atom. The average Bonchev–Trinajstić information content (AvgIpc) is 3.21. The van der Waals surface area contributed by atoms with Crippen LogP contribution >= 0.6 is 11.3 Å². The van der Waals surface area contributed by atoms with Crippen molar-refractivity contribution in [2.45, 2.75) is 45.1 Å². The van der Waals surface area contributed by atoms with E-state index in [4.69, 9.17) is 0 Å². The van der Waals surface area contributed by atoms with E-state index in [1.807, 2.05) is 37.3 Å². The maximum absolute atomic E-state index is 12.4. The van der Waals surface area contributed by atoms with E-state index in [1.165, 1.54) is 10.4 Å². The summed E-state index contributed by atoms with van der Waals surface area (Å²) in [5.41, 5.74) is 2.18. The predicted octanol–water partition coefficient (Wildman–Crippen LogP) is 3.28. The molecule has 0 radical (unpaired) electrons. The highest BCUT2D eigenvalue weighted by molar-refractivity contribution is 7.18. The van der Waals surface area contributed by atoms with Crippen molar-refractivity contribution in [3.63, 3.8) is 0 Å². The molecule has 2 heterocycles. The first-order valence-corrected chi connectivity index (χ1v) is 9.81. The largest absolute Gasteiger partial charge is 0.350 e. The molecule has 1 aliphatic carbocycles. The molecule has 2 aromatic heterocycles. The number of hydrogen-bond donors (Lipinski definition) is 2. The number of aromatic amines is 1. The average molecular weight is 367 g/mol. The van der Waals surface area contributed by atoms with Gasteiger partial charge in [-0.15, -0.1) is 11.3 Å². The van der Waals surface area contributed by atoms with Gasteiger partial charge in [0.1, 0.15) is 10.7 Å². The fraction of sp³-hybridized carbons (Fsp3) is 0.350. The molecule has 3 aromatic rings. The van der Waals surface area contributed by atoms with Crippen LogP contribution in [0, 0.1) is 0 Å². The summed E-state index contributed by atoms with van der Waals surface area (Å²) >= 11 is 1.63. The molecule has 4 rings (SSSR count). The van der Waals surface area contributed by atoms with Crippen LogP contribution in [0.5, 0.6) is 0 Å². The van der Waals surface area contributed by atoms with Gasteiger partial charge in [-0.2, -0.15) is 0 Å². The smallest absolute Gasteiger partial charge is 0.259 e. The fourth-order valence-corrected chi connectivity index (χ4v) is 4.82. The maximum Gasteiger partial charge on any atom is 0.259 e. The minimum Gasteiger partial charge on any atom is -0.350 e. The van der Waals surface area contributed by atoms with Crippen molar-refractivity contribution in [3.05, 3.63) is 62.5 Å². The SMILES string of the molecule is CC(NC(=O)CCc1nc2sc3c(c2c(=O)[nH]1)CCC3)c1ccccc1. The van der Waals surface area contributed by atoms with Gasteiger partial charge < -0.3 is 10.3 Å². The summed E-state index contributed by atoms with van der Waals surface area (Å²) in [5, 5.41) is 3.75. The molecule has 1 aliphatic rings. The number of aryl methyl sites for hydroxylation is 3. The number of H-pyrrole nitrogens is 1. The Bertz CT molecular complexity index is 1010. The van der Waals surface area contributed by atoms with Crippen LogP contribution in [0.25, 0.3) is 10.2 Å². The Hall–Kier alpha value is -2.47. The molecular formula is C20H21N3O2S. The normalized spacial score (nSPS) is 14.3. The number of nitrogens with zero attached hydrogens (tertiary/aromatic N) is 1. The molecule has 0 saturated carbocycles. The summed E-state index contributed by atoms with van der Waals surface area (Å²) in [6, 6.07) is 9.82. The zero-order valence-electron chi connectivity index (χ0n) is 14.7. The summed E-state index contributed by atoms with van der Waals surface area (Å²) < 4.78 is 0. The van der Waals surface area contributed by atoms with Crippen LogP contribution in [-0.4, -0.2) is 15.9 Å². The molecule has 0 spiro atoms. The van der Waals surface area contributed by atoms with E-state index in [1.54, 1.807) is 11.3 Å². The Morgan fingerprint density at radius 2 is 2.12 bits per heavy atom. The second-order valence-electron chi connectivity index (χ2n) is 6.75. The molecule has 1 amide bonds. The molecule has 26 heavy (non-hydrogen) atoms. The van der Waals surface area contributed by atoms with Crippen LogP contribution in [0.15, 0.2) is 35.1 Å². The van der Waals surface area contributed by atoms with Gasteiger partial charge in [-0.05, 0) is 37.3 Å². The standard InChI is InChI=1S/C20H21N3O2S/c1-12(13-6-3-2-4-7-13)21-17(24)11-10-16-22-19(25)18-14-8-5-9-15(14)26-20(18)23-16/h2-4,6-7,12H,5,8-11H2,1H3,(H,21,24)(H,22,23,25). The number of aromatic nitrogens is 2. The molecule has 5 nitrogen and oxygen atoms in total. The Labute approximate surface area is 155 Å². The Morgan fingerprint density at radius 1 is 1.31 bits per heavy atom. The predicted molar refractivity (Wildman–Crippen MR) is 104 cm³/mol. The third-order valence-corrected chi connectivity index (χ3v) is 6.08. The number of carbonyl (C=O) groups excluding carboxylic acids is 1. The van der Waals surface area contributed by atoms with E-state index in [0.29, 0.717) is 18.7 Å². The first-order chi connectivity index (χ1) is 12.6. The van der Waals surface area contributed by atoms with Crippen LogP contribution in [0.3, 0.4) is 0 Å². The highest BCUT2D eigenvalue weighted by atomic mass is 32.1. The van der Waals surface area contributed by atoms with Crippen LogP contribution in [0.1, 0.15) is 47.6 Å². The van der Waals surface area contributed by atoms with Crippen LogP contribution < -0.4 is 10.9 Å². The van der Waals surface area contributed by atoms with Gasteiger partial charge in [-0.1, -0.05) is 30.3 Å². The van der Waals surface area contributed by atoms with E-state index in [-0.39, 0.29) is 17.5 Å². The van der Waals surface area contributed by atoms with Crippen molar-refractivity contribution in [2.24, 2.45) is 0 Å². The molecule has 134 valence electrons. The van der Waals surface area contributed by atoms with Crippen LogP contribution in [0.4, 0.5) is 0 Å². The van der Waals surface area contributed by atoms with Gasteiger partial charge in [0.05, 0.1) is 11.4 Å². The van der Waals surface area contributed by atoms with Crippen molar-refractivity contribution in [2.75, 3.05) is 0 Å². The van der Waals surface area contributed by atoms with E-state index in [0.717, 1.165) is 35.0 Å². The summed E-state index contributed by atoms with van der Waals surface area (Å²) in [5.74, 6) is 0.544. The van der Waals surface area contributed by atoms with Crippen molar-refractivity contribution in [1.29, 1.82) is 0 Å². The molecule has 0 bridgehead atoms. The molecule has 1 atom stereocenters. The molecule has 2 N–H and O–H groups in total. The van der Waals surface area contributed by atoms with Crippen molar-refractivity contribution in [3.8, 4) is 0 Å². The van der Waals surface area contributed by atoms with Gasteiger partial charge in [-0.3, -0.25) is 9.59 Å². The third kappa shape index (κ3) is 3.29. The minimum atomic E-state index is -0.0672. The zero-order valence-corrected chi connectivity index (χ0v) is 15.5. The van der Waals surface area contributed by atoms with Gasteiger partial charge in [-0.25, -0.2) is 4.98 Å². The minimum absolute atomic E-state index is 0.0431. The lowest BCUT2D eigenvalue weighted by molar-refractivity contribution is -0.121. The second-order valence-corrected chi connectivity index (χ2v) is 7.83. The Kier molecular flexibility index (Phi) is 4.59. The summed E-state index contributed by atoms with van der Waals surface area (Å²) in [7, 11) is 0. The number of rotatable bonds is 5. The van der Waals surface area contributed by atoms with E-state index < -0.39 is 0 Å². The number of hydrogen-bond acceptors (Lipinski definition) is 4. The van der Waals surface area contributed by atoms with Gasteiger partial charge in [0.15, 0.2) is 0 Å². The quantitative estimate of drug-likeness (QED) is 0.727. The number of amides is 1. The number of nitrogens with one attached hydrogen (secondary N) is 2.